The van der Waals surface area contributed by atoms with Crippen molar-refractivity contribution in [3.05, 3.63) is 24.4 Å². The molecule has 0 rings (SSSR count). The maximum absolute atomic E-state index is 10.3. The molecule has 0 aliphatic heterocycles. The van der Waals surface area contributed by atoms with Crippen LogP contribution in [-0.4, -0.2) is 5.97 Å². The van der Waals surface area contributed by atoms with Crippen molar-refractivity contribution in [3.63, 3.8) is 0 Å². The number of carbonyl (C=O) groups is 1. The van der Waals surface area contributed by atoms with E-state index in [1.165, 1.54) is 12.3 Å². The number of carbonyl (C=O) groups excluding carboxylic acids is 1. The van der Waals surface area contributed by atoms with Gasteiger partial charge < -0.3 is 10.6 Å². The average molecular weight is 128 g/mol. The largest absolute Gasteiger partial charge is 0.405 e. The van der Waals surface area contributed by atoms with Crippen molar-refractivity contribution < 1.29 is 9.63 Å². The molecule has 0 bridgehead atoms. The van der Waals surface area contributed by atoms with Gasteiger partial charge in [-0.3, -0.25) is 0 Å². The normalized spacial score (nSPS) is 9.44. The first-order valence-electron chi connectivity index (χ1n) is 2.20. The van der Waals surface area contributed by atoms with Crippen LogP contribution in [0.1, 0.15) is 0 Å². The third-order valence-electron chi connectivity index (χ3n) is 0.667. The lowest BCUT2D eigenvalue weighted by atomic mass is 10.3. The van der Waals surface area contributed by atoms with Crippen LogP contribution in [0.2, 0.25) is 0 Å². The highest BCUT2D eigenvalue weighted by Gasteiger charge is 2.00. The van der Waals surface area contributed by atoms with E-state index in [4.69, 9.17) is 5.73 Å². The van der Waals surface area contributed by atoms with E-state index in [2.05, 4.69) is 17.3 Å². The van der Waals surface area contributed by atoms with Gasteiger partial charge in [-0.2, -0.15) is 5.90 Å². The van der Waals surface area contributed by atoms with Gasteiger partial charge >= 0.3 is 5.97 Å². The van der Waals surface area contributed by atoms with Crippen LogP contribution in [0.3, 0.4) is 0 Å². The molecule has 0 unspecified atom stereocenters. The summed E-state index contributed by atoms with van der Waals surface area (Å²) in [6.07, 6.45) is 2.48. The minimum Gasteiger partial charge on any atom is -0.405 e. The minimum atomic E-state index is -0.684. The fraction of sp³-hybridized carbons (Fsp3) is 0. The Labute approximate surface area is 52.7 Å². The Hall–Kier alpha value is -1.29. The van der Waals surface area contributed by atoms with E-state index in [0.29, 0.717) is 0 Å². The Morgan fingerprint density at radius 1 is 1.67 bits per heavy atom. The van der Waals surface area contributed by atoms with Crippen LogP contribution < -0.4 is 11.6 Å². The summed E-state index contributed by atoms with van der Waals surface area (Å²) < 4.78 is 0. The summed E-state index contributed by atoms with van der Waals surface area (Å²) in [5.74, 6) is 3.83. The van der Waals surface area contributed by atoms with Crippen LogP contribution in [0.5, 0.6) is 0 Å². The lowest BCUT2D eigenvalue weighted by Crippen LogP contribution is -2.10. The predicted octanol–water partition coefficient (Wildman–Crippen LogP) is -0.568. The monoisotopic (exact) mass is 128 g/mol. The van der Waals surface area contributed by atoms with Gasteiger partial charge in [-0.25, -0.2) is 4.79 Å². The molecule has 50 valence electrons. The highest BCUT2D eigenvalue weighted by molar-refractivity contribution is 5.90. The number of nitrogens with two attached hydrogens (primary N) is 2. The van der Waals surface area contributed by atoms with Crippen LogP contribution in [0, 0.1) is 0 Å². The summed E-state index contributed by atoms with van der Waals surface area (Å²) in [5, 5.41) is 0. The van der Waals surface area contributed by atoms with Gasteiger partial charge in [-0.1, -0.05) is 6.58 Å². The van der Waals surface area contributed by atoms with Gasteiger partial charge in [-0.15, -0.1) is 0 Å². The van der Waals surface area contributed by atoms with Crippen molar-refractivity contribution >= 4 is 5.97 Å². The van der Waals surface area contributed by atoms with Crippen LogP contribution in [0.25, 0.3) is 0 Å². The Kier molecular flexibility index (Phi) is 3.15. The number of hydrogen-bond acceptors (Lipinski definition) is 4. The van der Waals surface area contributed by atoms with Crippen molar-refractivity contribution in [3.8, 4) is 0 Å². The van der Waals surface area contributed by atoms with E-state index < -0.39 is 5.97 Å². The summed E-state index contributed by atoms with van der Waals surface area (Å²) in [5.41, 5.74) is 5.06. The van der Waals surface area contributed by atoms with Crippen LogP contribution in [-0.2, 0) is 9.63 Å². The third-order valence-corrected chi connectivity index (χ3v) is 0.667. The average Bonchev–Trinajstić information content (AvgIpc) is 1.87. The molecule has 0 fully saturated rings. The second-order valence-electron chi connectivity index (χ2n) is 1.29. The van der Waals surface area contributed by atoms with Gasteiger partial charge in [-0.05, 0) is 12.3 Å². The van der Waals surface area contributed by atoms with E-state index >= 15 is 0 Å². The molecule has 0 spiro atoms. The predicted molar refractivity (Wildman–Crippen MR) is 32.7 cm³/mol. The molecule has 4 N–H and O–H groups in total. The fourth-order valence-corrected chi connectivity index (χ4v) is 0.260. The summed E-state index contributed by atoms with van der Waals surface area (Å²) in [6, 6.07) is 0. The molecule has 4 heteroatoms. The van der Waals surface area contributed by atoms with Crippen molar-refractivity contribution in [1.29, 1.82) is 0 Å². The molecule has 0 amide bonds. The third kappa shape index (κ3) is 2.50. The molecule has 0 aromatic rings. The zero-order chi connectivity index (χ0) is 7.28. The number of rotatable bonds is 2. The Morgan fingerprint density at radius 3 is 2.56 bits per heavy atom. The lowest BCUT2D eigenvalue weighted by molar-refractivity contribution is -0.139. The molecule has 0 saturated heterocycles. The SMILES string of the molecule is C=C(/C=C\N)C(=O)ON. The van der Waals surface area contributed by atoms with Gasteiger partial charge in [0.1, 0.15) is 0 Å². The standard InChI is InChI=1S/C5H8N2O2/c1-4(2-3-6)5(8)9-7/h2-3H,1,6-7H2/b3-2-. The Morgan fingerprint density at radius 2 is 2.22 bits per heavy atom. The Bertz CT molecular complexity index is 151. The second-order valence-corrected chi connectivity index (χ2v) is 1.29. The lowest BCUT2D eigenvalue weighted by Gasteiger charge is -1.92. The summed E-state index contributed by atoms with van der Waals surface area (Å²) in [6.45, 7) is 3.29. The van der Waals surface area contributed by atoms with Crippen molar-refractivity contribution in [2.75, 3.05) is 0 Å². The fourth-order valence-electron chi connectivity index (χ4n) is 0.260. The molecule has 0 aliphatic carbocycles. The first kappa shape index (κ1) is 7.71. The molecule has 0 aromatic heterocycles. The maximum atomic E-state index is 10.3. The first-order chi connectivity index (χ1) is 4.22. The van der Waals surface area contributed by atoms with Crippen LogP contribution in [0.15, 0.2) is 24.4 Å². The molecule has 0 radical (unpaired) electrons. The highest BCUT2D eigenvalue weighted by atomic mass is 16.7. The summed E-state index contributed by atoms with van der Waals surface area (Å²) >= 11 is 0. The number of hydrogen-bond donors (Lipinski definition) is 2. The van der Waals surface area contributed by atoms with Crippen LogP contribution in [0.4, 0.5) is 0 Å². The molecular weight excluding hydrogens is 120 g/mol. The van der Waals surface area contributed by atoms with E-state index in [1.54, 1.807) is 0 Å². The van der Waals surface area contributed by atoms with E-state index in [-0.39, 0.29) is 5.57 Å². The van der Waals surface area contributed by atoms with E-state index in [1.807, 2.05) is 0 Å². The van der Waals surface area contributed by atoms with Crippen LogP contribution >= 0.6 is 0 Å². The summed E-state index contributed by atoms with van der Waals surface area (Å²) in [4.78, 5) is 14.2. The van der Waals surface area contributed by atoms with Crippen molar-refractivity contribution in [2.24, 2.45) is 11.6 Å². The molecule has 9 heavy (non-hydrogen) atoms. The molecule has 0 aromatic carbocycles. The maximum Gasteiger partial charge on any atom is 0.356 e. The molecule has 4 nitrogen and oxygen atoms in total. The molecular formula is C5H8N2O2. The zero-order valence-electron chi connectivity index (χ0n) is 4.83. The van der Waals surface area contributed by atoms with Gasteiger partial charge in [0, 0.05) is 0 Å². The first-order valence-corrected chi connectivity index (χ1v) is 2.20. The quantitative estimate of drug-likeness (QED) is 0.296. The molecule has 0 atom stereocenters. The topological polar surface area (TPSA) is 78.3 Å². The molecule has 0 heterocycles. The summed E-state index contributed by atoms with van der Waals surface area (Å²) in [7, 11) is 0. The molecule has 0 aliphatic rings. The molecule has 0 saturated carbocycles. The highest BCUT2D eigenvalue weighted by Crippen LogP contribution is 1.91. The van der Waals surface area contributed by atoms with Gasteiger partial charge in [0.05, 0.1) is 5.57 Å². The second kappa shape index (κ2) is 3.68. The van der Waals surface area contributed by atoms with E-state index in [9.17, 15) is 4.79 Å². The van der Waals surface area contributed by atoms with Gasteiger partial charge in [0.25, 0.3) is 0 Å². The minimum absolute atomic E-state index is 0.125. The smallest absolute Gasteiger partial charge is 0.356 e. The van der Waals surface area contributed by atoms with Gasteiger partial charge in [0.2, 0.25) is 0 Å². The van der Waals surface area contributed by atoms with E-state index in [0.717, 1.165) is 0 Å². The van der Waals surface area contributed by atoms with Gasteiger partial charge in [0.15, 0.2) is 0 Å². The van der Waals surface area contributed by atoms with Crippen molar-refractivity contribution in [2.45, 2.75) is 0 Å². The van der Waals surface area contributed by atoms with Crippen molar-refractivity contribution in [1.82, 2.24) is 0 Å². The zero-order valence-corrected chi connectivity index (χ0v) is 4.83. The Balaban J connectivity index is 3.89.